The van der Waals surface area contributed by atoms with Crippen LogP contribution in [0.15, 0.2) is 36.5 Å². The Hall–Kier alpha value is -2.96. The largest absolute Gasteiger partial charge is 0.363 e. The zero-order valence-corrected chi connectivity index (χ0v) is 14.5. The average Bonchev–Trinajstić information content (AvgIpc) is 3.00. The lowest BCUT2D eigenvalue weighted by molar-refractivity contribution is -0.137. The third-order valence-corrected chi connectivity index (χ3v) is 4.15. The van der Waals surface area contributed by atoms with Crippen molar-refractivity contribution >= 4 is 17.6 Å². The van der Waals surface area contributed by atoms with Crippen molar-refractivity contribution in [3.8, 4) is 11.3 Å². The van der Waals surface area contributed by atoms with Crippen molar-refractivity contribution in [2.75, 3.05) is 0 Å². The molecule has 2 amide bonds. The van der Waals surface area contributed by atoms with Gasteiger partial charge in [-0.2, -0.15) is 5.10 Å². The summed E-state index contributed by atoms with van der Waals surface area (Å²) in [5.74, 6) is -2.54. The third kappa shape index (κ3) is 4.12. The van der Waals surface area contributed by atoms with Crippen LogP contribution in [-0.2, 0) is 16.6 Å². The van der Waals surface area contributed by atoms with Gasteiger partial charge in [0.15, 0.2) is 0 Å². The molecule has 7 nitrogen and oxygen atoms in total. The second-order valence-corrected chi connectivity index (χ2v) is 6.00. The molecule has 2 aromatic rings. The number of benzene rings is 1. The highest BCUT2D eigenvalue weighted by molar-refractivity contribution is 6.38. The first kappa shape index (κ1) is 18.4. The zero-order chi connectivity index (χ0) is 18.6. The number of primary amides is 1. The van der Waals surface area contributed by atoms with Crippen molar-refractivity contribution in [2.24, 2.45) is 18.7 Å². The third-order valence-electron chi connectivity index (χ3n) is 4.15. The van der Waals surface area contributed by atoms with Crippen molar-refractivity contribution in [1.29, 1.82) is 0 Å². The van der Waals surface area contributed by atoms with E-state index in [1.807, 2.05) is 37.3 Å². The van der Waals surface area contributed by atoms with Crippen molar-refractivity contribution < 1.29 is 14.4 Å². The molecule has 0 radical (unpaired) electrons. The summed E-state index contributed by atoms with van der Waals surface area (Å²) in [4.78, 5) is 36.1. The van der Waals surface area contributed by atoms with Crippen LogP contribution >= 0.6 is 0 Å². The molecule has 0 bridgehead atoms. The maximum atomic E-state index is 12.7. The highest BCUT2D eigenvalue weighted by Crippen LogP contribution is 2.22. The van der Waals surface area contributed by atoms with Gasteiger partial charge < -0.3 is 11.1 Å². The van der Waals surface area contributed by atoms with Crippen LogP contribution in [0.25, 0.3) is 11.3 Å². The van der Waals surface area contributed by atoms with Crippen LogP contribution in [0.1, 0.15) is 30.6 Å². The van der Waals surface area contributed by atoms with Gasteiger partial charge in [-0.25, -0.2) is 0 Å². The fourth-order valence-electron chi connectivity index (χ4n) is 2.54. The molecule has 0 saturated heterocycles. The highest BCUT2D eigenvalue weighted by Gasteiger charge is 2.30. The van der Waals surface area contributed by atoms with E-state index in [4.69, 9.17) is 5.73 Å². The second kappa shape index (κ2) is 7.74. The zero-order valence-electron chi connectivity index (χ0n) is 14.5. The molecule has 3 N–H and O–H groups in total. The van der Waals surface area contributed by atoms with Gasteiger partial charge in [0.05, 0.1) is 5.56 Å². The van der Waals surface area contributed by atoms with E-state index in [9.17, 15) is 14.4 Å². The Kier molecular flexibility index (Phi) is 5.69. The van der Waals surface area contributed by atoms with E-state index in [0.29, 0.717) is 17.7 Å². The summed E-state index contributed by atoms with van der Waals surface area (Å²) in [5.41, 5.74) is 6.74. The Morgan fingerprint density at radius 2 is 1.88 bits per heavy atom. The minimum absolute atomic E-state index is 0.221. The second-order valence-electron chi connectivity index (χ2n) is 6.00. The smallest absolute Gasteiger partial charge is 0.287 e. The predicted molar refractivity (Wildman–Crippen MR) is 93.6 cm³/mol. The fourth-order valence-corrected chi connectivity index (χ4v) is 2.54. The van der Waals surface area contributed by atoms with Crippen molar-refractivity contribution in [3.63, 3.8) is 0 Å². The molecule has 25 heavy (non-hydrogen) atoms. The topological polar surface area (TPSA) is 107 Å². The number of nitrogens with two attached hydrogens (primary N) is 1. The number of ketones is 1. The van der Waals surface area contributed by atoms with Crippen molar-refractivity contribution in [3.05, 3.63) is 42.1 Å². The van der Waals surface area contributed by atoms with Gasteiger partial charge in [-0.1, -0.05) is 50.6 Å². The number of nitrogens with zero attached hydrogens (tertiary/aromatic N) is 2. The van der Waals surface area contributed by atoms with Gasteiger partial charge in [0.25, 0.3) is 11.8 Å². The molecule has 2 rings (SSSR count). The molecule has 0 aliphatic carbocycles. The number of Topliss-reactive ketones (excluding diaryl/α,β-unsaturated/α-hetero) is 1. The van der Waals surface area contributed by atoms with Gasteiger partial charge in [0.2, 0.25) is 5.78 Å². The number of rotatable bonds is 7. The van der Waals surface area contributed by atoms with E-state index < -0.39 is 23.6 Å². The number of hydrogen-bond acceptors (Lipinski definition) is 4. The van der Waals surface area contributed by atoms with Gasteiger partial charge >= 0.3 is 0 Å². The van der Waals surface area contributed by atoms with E-state index >= 15 is 0 Å². The van der Waals surface area contributed by atoms with Crippen LogP contribution in [-0.4, -0.2) is 33.4 Å². The van der Waals surface area contributed by atoms with Crippen molar-refractivity contribution in [2.45, 2.75) is 26.3 Å². The van der Waals surface area contributed by atoms with Gasteiger partial charge in [-0.15, -0.1) is 0 Å². The summed E-state index contributed by atoms with van der Waals surface area (Å²) in [6, 6.07) is 8.31. The molecule has 1 heterocycles. The first-order valence-corrected chi connectivity index (χ1v) is 8.08. The predicted octanol–water partition coefficient (Wildman–Crippen LogP) is 1.29. The van der Waals surface area contributed by atoms with Gasteiger partial charge in [0, 0.05) is 18.8 Å². The average molecular weight is 342 g/mol. The maximum Gasteiger partial charge on any atom is 0.287 e. The quantitative estimate of drug-likeness (QED) is 0.739. The van der Waals surface area contributed by atoms with Crippen LogP contribution in [0.3, 0.4) is 0 Å². The van der Waals surface area contributed by atoms with E-state index in [1.165, 1.54) is 4.68 Å². The standard InChI is InChI=1S/C18H22N4O3/c1-4-11(2)14(16(23)17(19)24)20-18(25)13-10-22(3)21-15(13)12-8-6-5-7-9-12/h5-11,14H,4H2,1-3H3,(H2,19,24)(H,20,25). The summed E-state index contributed by atoms with van der Waals surface area (Å²) < 4.78 is 1.53. The minimum atomic E-state index is -1.06. The summed E-state index contributed by atoms with van der Waals surface area (Å²) in [7, 11) is 1.71. The molecular weight excluding hydrogens is 320 g/mol. The molecule has 1 aromatic carbocycles. The minimum Gasteiger partial charge on any atom is -0.363 e. The number of nitrogens with one attached hydrogen (secondary N) is 1. The Bertz CT molecular complexity index is 783. The molecule has 0 aliphatic rings. The number of aromatic nitrogens is 2. The van der Waals surface area contributed by atoms with E-state index in [0.717, 1.165) is 5.56 Å². The number of hydrogen-bond donors (Lipinski definition) is 2. The Balaban J connectivity index is 2.34. The molecule has 2 atom stereocenters. The Morgan fingerprint density at radius 3 is 2.44 bits per heavy atom. The summed E-state index contributed by atoms with van der Waals surface area (Å²) in [6.07, 6.45) is 2.20. The molecule has 7 heteroatoms. The molecule has 0 fully saturated rings. The van der Waals surface area contributed by atoms with Gasteiger partial charge in [0.1, 0.15) is 11.7 Å². The van der Waals surface area contributed by atoms with Crippen molar-refractivity contribution in [1.82, 2.24) is 15.1 Å². The van der Waals surface area contributed by atoms with Crippen LogP contribution in [0.4, 0.5) is 0 Å². The highest BCUT2D eigenvalue weighted by atomic mass is 16.2. The van der Waals surface area contributed by atoms with E-state index in [2.05, 4.69) is 10.4 Å². The van der Waals surface area contributed by atoms with Crippen LogP contribution < -0.4 is 11.1 Å². The molecule has 0 saturated carbocycles. The molecule has 0 aliphatic heterocycles. The number of aryl methyl sites for hydroxylation is 1. The maximum absolute atomic E-state index is 12.7. The lowest BCUT2D eigenvalue weighted by Crippen LogP contribution is -2.49. The van der Waals surface area contributed by atoms with Crippen LogP contribution in [0.2, 0.25) is 0 Å². The number of carbonyl (C=O) groups is 3. The molecule has 1 aromatic heterocycles. The fraction of sp³-hybridized carbons (Fsp3) is 0.333. The molecule has 132 valence electrons. The van der Waals surface area contributed by atoms with Gasteiger partial charge in [-0.3, -0.25) is 19.1 Å². The molecule has 0 spiro atoms. The SMILES string of the molecule is CCC(C)C(NC(=O)c1cn(C)nc1-c1ccccc1)C(=O)C(N)=O. The van der Waals surface area contributed by atoms with E-state index in [1.54, 1.807) is 20.2 Å². The summed E-state index contributed by atoms with van der Waals surface area (Å²) in [5, 5.41) is 6.98. The normalized spacial score (nSPS) is 13.1. The van der Waals surface area contributed by atoms with Crippen LogP contribution in [0, 0.1) is 5.92 Å². The van der Waals surface area contributed by atoms with Gasteiger partial charge in [-0.05, 0) is 5.92 Å². The summed E-state index contributed by atoms with van der Waals surface area (Å²) in [6.45, 7) is 3.66. The first-order chi connectivity index (χ1) is 11.8. The van der Waals surface area contributed by atoms with E-state index in [-0.39, 0.29) is 5.92 Å². The number of amides is 2. The lowest BCUT2D eigenvalue weighted by Gasteiger charge is -2.21. The monoisotopic (exact) mass is 342 g/mol. The lowest BCUT2D eigenvalue weighted by atomic mass is 9.94. The number of carbonyl (C=O) groups excluding carboxylic acids is 3. The molecular formula is C18H22N4O3. The molecule has 2 unspecified atom stereocenters. The Morgan fingerprint density at radius 1 is 1.24 bits per heavy atom. The van der Waals surface area contributed by atoms with Crippen LogP contribution in [0.5, 0.6) is 0 Å². The Labute approximate surface area is 146 Å². The first-order valence-electron chi connectivity index (χ1n) is 8.08. The summed E-state index contributed by atoms with van der Waals surface area (Å²) >= 11 is 0.